The first kappa shape index (κ1) is 12.2. The molecule has 2 aromatic rings. The van der Waals surface area contributed by atoms with Gasteiger partial charge in [0.25, 0.3) is 5.91 Å². The number of amides is 1. The predicted molar refractivity (Wildman–Crippen MR) is 66.7 cm³/mol. The molecule has 96 valence electrons. The van der Waals surface area contributed by atoms with Crippen molar-refractivity contribution >= 4 is 11.6 Å². The van der Waals surface area contributed by atoms with Crippen LogP contribution in [0.3, 0.4) is 0 Å². The minimum atomic E-state index is -0.281. The van der Waals surface area contributed by atoms with Crippen LogP contribution in [0.4, 0.5) is 5.69 Å². The summed E-state index contributed by atoms with van der Waals surface area (Å²) in [4.78, 5) is 11.9. The second-order valence-corrected chi connectivity index (χ2v) is 4.20. The molecule has 2 aromatic heterocycles. The SMILES string of the molecule is Cc1nn(C)cc1CNC(=O)c1nn(C)cc1N. The number of carbonyl (C=O) groups excluding carboxylic acids is 1. The molecule has 0 atom stereocenters. The second kappa shape index (κ2) is 4.52. The van der Waals surface area contributed by atoms with Crippen molar-refractivity contribution < 1.29 is 4.79 Å². The zero-order chi connectivity index (χ0) is 13.3. The number of carbonyl (C=O) groups is 1. The van der Waals surface area contributed by atoms with Crippen LogP contribution in [0.25, 0.3) is 0 Å². The highest BCUT2D eigenvalue weighted by Gasteiger charge is 2.14. The van der Waals surface area contributed by atoms with E-state index in [2.05, 4.69) is 15.5 Å². The number of nitrogens with zero attached hydrogens (tertiary/aromatic N) is 4. The Bertz CT molecular complexity index is 582. The van der Waals surface area contributed by atoms with Crippen LogP contribution in [-0.2, 0) is 20.6 Å². The lowest BCUT2D eigenvalue weighted by Crippen LogP contribution is -2.24. The van der Waals surface area contributed by atoms with E-state index in [9.17, 15) is 4.79 Å². The molecule has 0 aliphatic heterocycles. The largest absolute Gasteiger partial charge is 0.396 e. The molecule has 7 heteroatoms. The summed E-state index contributed by atoms with van der Waals surface area (Å²) in [6.45, 7) is 2.31. The normalized spacial score (nSPS) is 10.6. The molecule has 0 bridgehead atoms. The molecule has 18 heavy (non-hydrogen) atoms. The zero-order valence-corrected chi connectivity index (χ0v) is 10.6. The van der Waals surface area contributed by atoms with Gasteiger partial charge in [-0.15, -0.1) is 0 Å². The Morgan fingerprint density at radius 1 is 1.33 bits per heavy atom. The third kappa shape index (κ3) is 2.34. The molecule has 3 N–H and O–H groups in total. The quantitative estimate of drug-likeness (QED) is 0.798. The van der Waals surface area contributed by atoms with Crippen molar-refractivity contribution in [2.45, 2.75) is 13.5 Å². The third-order valence-corrected chi connectivity index (χ3v) is 2.63. The summed E-state index contributed by atoms with van der Waals surface area (Å²) >= 11 is 0. The van der Waals surface area contributed by atoms with Crippen LogP contribution < -0.4 is 11.1 Å². The Kier molecular flexibility index (Phi) is 3.05. The van der Waals surface area contributed by atoms with Gasteiger partial charge in [-0.05, 0) is 6.92 Å². The molecule has 2 rings (SSSR count). The number of nitrogens with two attached hydrogens (primary N) is 1. The van der Waals surface area contributed by atoms with Crippen LogP contribution in [0.1, 0.15) is 21.7 Å². The van der Waals surface area contributed by atoms with Crippen LogP contribution >= 0.6 is 0 Å². The van der Waals surface area contributed by atoms with Gasteiger partial charge in [0.05, 0.1) is 11.4 Å². The topological polar surface area (TPSA) is 90.8 Å². The van der Waals surface area contributed by atoms with E-state index in [1.54, 1.807) is 17.9 Å². The standard InChI is InChI=1S/C11H16N6O/c1-7-8(5-16(2)14-7)4-13-11(18)10-9(12)6-17(3)15-10/h5-6H,4,12H2,1-3H3,(H,13,18). The number of hydrogen-bond acceptors (Lipinski definition) is 4. The summed E-state index contributed by atoms with van der Waals surface area (Å²) in [5.41, 5.74) is 8.17. The summed E-state index contributed by atoms with van der Waals surface area (Å²) in [6, 6.07) is 0. The first-order valence-electron chi connectivity index (χ1n) is 5.54. The Morgan fingerprint density at radius 3 is 2.50 bits per heavy atom. The Hall–Kier alpha value is -2.31. The second-order valence-electron chi connectivity index (χ2n) is 4.20. The molecule has 0 fully saturated rings. The molecule has 0 aromatic carbocycles. The van der Waals surface area contributed by atoms with Crippen LogP contribution in [0.15, 0.2) is 12.4 Å². The average molecular weight is 248 g/mol. The maximum absolute atomic E-state index is 11.9. The minimum absolute atomic E-state index is 0.249. The molecular formula is C11H16N6O. The van der Waals surface area contributed by atoms with E-state index in [1.807, 2.05) is 20.2 Å². The van der Waals surface area contributed by atoms with Gasteiger partial charge < -0.3 is 11.1 Å². The lowest BCUT2D eigenvalue weighted by molar-refractivity contribution is 0.0946. The molecule has 0 unspecified atom stereocenters. The monoisotopic (exact) mass is 248 g/mol. The number of nitrogens with one attached hydrogen (secondary N) is 1. The fraction of sp³-hybridized carbons (Fsp3) is 0.364. The molecule has 2 heterocycles. The fourth-order valence-corrected chi connectivity index (χ4v) is 1.76. The van der Waals surface area contributed by atoms with E-state index in [4.69, 9.17) is 5.73 Å². The van der Waals surface area contributed by atoms with Crippen molar-refractivity contribution in [1.29, 1.82) is 0 Å². The first-order valence-corrected chi connectivity index (χ1v) is 5.54. The van der Waals surface area contributed by atoms with E-state index < -0.39 is 0 Å². The summed E-state index contributed by atoms with van der Waals surface area (Å²) < 4.78 is 3.23. The first-order chi connectivity index (χ1) is 8.47. The number of aromatic nitrogens is 4. The van der Waals surface area contributed by atoms with Crippen molar-refractivity contribution in [2.75, 3.05) is 5.73 Å². The van der Waals surface area contributed by atoms with Crippen LogP contribution in [0, 0.1) is 6.92 Å². The zero-order valence-electron chi connectivity index (χ0n) is 10.6. The van der Waals surface area contributed by atoms with E-state index in [-0.39, 0.29) is 11.6 Å². The number of hydrogen-bond donors (Lipinski definition) is 2. The molecule has 7 nitrogen and oxygen atoms in total. The smallest absolute Gasteiger partial charge is 0.274 e. The average Bonchev–Trinajstić information content (AvgIpc) is 2.78. The molecule has 0 aliphatic carbocycles. The van der Waals surface area contributed by atoms with Crippen molar-refractivity contribution in [3.63, 3.8) is 0 Å². The minimum Gasteiger partial charge on any atom is -0.396 e. The summed E-state index contributed by atoms with van der Waals surface area (Å²) in [6.07, 6.45) is 3.47. The van der Waals surface area contributed by atoms with Gasteiger partial charge in [0, 0.05) is 38.6 Å². The van der Waals surface area contributed by atoms with Gasteiger partial charge in [-0.25, -0.2) is 0 Å². The highest BCUT2D eigenvalue weighted by molar-refractivity contribution is 5.96. The number of rotatable bonds is 3. The van der Waals surface area contributed by atoms with Crippen LogP contribution in [0.5, 0.6) is 0 Å². The van der Waals surface area contributed by atoms with Crippen LogP contribution in [-0.4, -0.2) is 25.5 Å². The predicted octanol–water partition coefficient (Wildman–Crippen LogP) is -0.0258. The van der Waals surface area contributed by atoms with Gasteiger partial charge >= 0.3 is 0 Å². The van der Waals surface area contributed by atoms with E-state index in [1.165, 1.54) is 4.68 Å². The van der Waals surface area contributed by atoms with Gasteiger partial charge in [-0.1, -0.05) is 0 Å². The molecule has 0 saturated heterocycles. The summed E-state index contributed by atoms with van der Waals surface area (Å²) in [5.74, 6) is -0.281. The molecule has 0 radical (unpaired) electrons. The van der Waals surface area contributed by atoms with Gasteiger partial charge in [0.2, 0.25) is 0 Å². The van der Waals surface area contributed by atoms with Crippen molar-refractivity contribution in [1.82, 2.24) is 24.9 Å². The fourth-order valence-electron chi connectivity index (χ4n) is 1.76. The molecule has 1 amide bonds. The van der Waals surface area contributed by atoms with Gasteiger partial charge in [0.1, 0.15) is 0 Å². The van der Waals surface area contributed by atoms with Crippen molar-refractivity contribution in [3.8, 4) is 0 Å². The third-order valence-electron chi connectivity index (χ3n) is 2.63. The number of nitrogen functional groups attached to an aromatic ring is 1. The Labute approximate surface area is 105 Å². The lowest BCUT2D eigenvalue weighted by atomic mass is 10.2. The molecular weight excluding hydrogens is 232 g/mol. The molecule has 0 spiro atoms. The molecule has 0 aliphatic rings. The summed E-state index contributed by atoms with van der Waals surface area (Å²) in [7, 11) is 3.56. The molecule has 0 saturated carbocycles. The van der Waals surface area contributed by atoms with Crippen molar-refractivity contribution in [3.05, 3.63) is 29.3 Å². The lowest BCUT2D eigenvalue weighted by Gasteiger charge is -2.02. The van der Waals surface area contributed by atoms with Crippen LogP contribution in [0.2, 0.25) is 0 Å². The Balaban J connectivity index is 2.05. The highest BCUT2D eigenvalue weighted by Crippen LogP contribution is 2.09. The van der Waals surface area contributed by atoms with E-state index >= 15 is 0 Å². The maximum atomic E-state index is 11.9. The van der Waals surface area contributed by atoms with Gasteiger partial charge in [0.15, 0.2) is 5.69 Å². The van der Waals surface area contributed by atoms with Crippen molar-refractivity contribution in [2.24, 2.45) is 14.1 Å². The highest BCUT2D eigenvalue weighted by atomic mass is 16.1. The maximum Gasteiger partial charge on any atom is 0.274 e. The number of aryl methyl sites for hydroxylation is 3. The van der Waals surface area contributed by atoms with E-state index in [0.29, 0.717) is 12.2 Å². The van der Waals surface area contributed by atoms with Gasteiger partial charge in [-0.3, -0.25) is 14.2 Å². The van der Waals surface area contributed by atoms with E-state index in [0.717, 1.165) is 11.3 Å². The van der Waals surface area contributed by atoms with Gasteiger partial charge in [-0.2, -0.15) is 10.2 Å². The summed E-state index contributed by atoms with van der Waals surface area (Å²) in [5, 5.41) is 11.0. The number of anilines is 1. The Morgan fingerprint density at radius 2 is 2.00 bits per heavy atom.